The molecular weight excluding hydrogens is 206 g/mol. The summed E-state index contributed by atoms with van der Waals surface area (Å²) < 4.78 is 0. The molecule has 1 fully saturated rings. The number of anilines is 1. The van der Waals surface area contributed by atoms with Gasteiger partial charge in [0.25, 0.3) is 0 Å². The molecule has 2 rings (SSSR count). The van der Waals surface area contributed by atoms with E-state index in [1.54, 1.807) is 12.1 Å². The van der Waals surface area contributed by atoms with Crippen LogP contribution in [0.25, 0.3) is 0 Å². The highest BCUT2D eigenvalue weighted by molar-refractivity contribution is 5.94. The van der Waals surface area contributed by atoms with Crippen LogP contribution in [0, 0.1) is 17.2 Å². The van der Waals surface area contributed by atoms with Crippen LogP contribution in [0.15, 0.2) is 18.3 Å². The van der Waals surface area contributed by atoms with Gasteiger partial charge in [0.05, 0.1) is 11.6 Å². The maximum Gasteiger partial charge on any atom is 0.228 e. The molecule has 1 unspecified atom stereocenters. The lowest BCUT2D eigenvalue weighted by molar-refractivity contribution is -0.117. The third kappa shape index (κ3) is 1.88. The molecule has 1 atom stereocenters. The van der Waals surface area contributed by atoms with Gasteiger partial charge in [-0.05, 0) is 12.1 Å². The maximum atomic E-state index is 11.6. The SMILES string of the molecule is N#Cc1ccnc(N2CC(CO)CC2=O)c1. The van der Waals surface area contributed by atoms with Crippen molar-refractivity contribution in [3.05, 3.63) is 23.9 Å². The Balaban J connectivity index is 2.25. The quantitative estimate of drug-likeness (QED) is 0.772. The molecule has 1 aromatic rings. The van der Waals surface area contributed by atoms with Crippen molar-refractivity contribution in [1.82, 2.24) is 4.98 Å². The highest BCUT2D eigenvalue weighted by Crippen LogP contribution is 2.23. The smallest absolute Gasteiger partial charge is 0.228 e. The summed E-state index contributed by atoms with van der Waals surface area (Å²) in [6.07, 6.45) is 1.85. The van der Waals surface area contributed by atoms with E-state index in [-0.39, 0.29) is 18.4 Å². The summed E-state index contributed by atoms with van der Waals surface area (Å²) in [5.41, 5.74) is 0.477. The molecule has 1 saturated heterocycles. The molecule has 0 radical (unpaired) electrons. The molecule has 0 bridgehead atoms. The number of nitrogens with zero attached hydrogens (tertiary/aromatic N) is 3. The average Bonchev–Trinajstić information content (AvgIpc) is 2.71. The molecule has 1 aliphatic heterocycles. The topological polar surface area (TPSA) is 77.2 Å². The molecular formula is C11H11N3O2. The van der Waals surface area contributed by atoms with E-state index in [0.717, 1.165) is 0 Å². The van der Waals surface area contributed by atoms with E-state index in [2.05, 4.69) is 4.98 Å². The van der Waals surface area contributed by atoms with Crippen molar-refractivity contribution >= 4 is 11.7 Å². The summed E-state index contributed by atoms with van der Waals surface area (Å²) in [5, 5.41) is 17.7. The minimum absolute atomic E-state index is 0.000179. The van der Waals surface area contributed by atoms with Gasteiger partial charge in [-0.3, -0.25) is 9.69 Å². The molecule has 0 spiro atoms. The monoisotopic (exact) mass is 217 g/mol. The summed E-state index contributed by atoms with van der Waals surface area (Å²) in [7, 11) is 0. The number of aliphatic hydroxyl groups excluding tert-OH is 1. The fourth-order valence-corrected chi connectivity index (χ4v) is 1.76. The summed E-state index contributed by atoms with van der Waals surface area (Å²) in [4.78, 5) is 17.2. The molecule has 5 heteroatoms. The van der Waals surface area contributed by atoms with Crippen LogP contribution in [0.1, 0.15) is 12.0 Å². The number of rotatable bonds is 2. The lowest BCUT2D eigenvalue weighted by atomic mass is 10.1. The van der Waals surface area contributed by atoms with Gasteiger partial charge < -0.3 is 5.11 Å². The van der Waals surface area contributed by atoms with E-state index in [0.29, 0.717) is 24.3 Å². The zero-order valence-corrected chi connectivity index (χ0v) is 8.63. The predicted molar refractivity (Wildman–Crippen MR) is 56.5 cm³/mol. The Morgan fingerprint density at radius 3 is 3.12 bits per heavy atom. The highest BCUT2D eigenvalue weighted by Gasteiger charge is 2.30. The first kappa shape index (κ1) is 10.6. The van der Waals surface area contributed by atoms with Gasteiger partial charge in [0.15, 0.2) is 0 Å². The number of carbonyl (C=O) groups excluding carboxylic acids is 1. The number of carbonyl (C=O) groups is 1. The molecule has 1 aromatic heterocycles. The van der Waals surface area contributed by atoms with Crippen molar-refractivity contribution in [2.75, 3.05) is 18.1 Å². The van der Waals surface area contributed by atoms with Gasteiger partial charge in [0, 0.05) is 31.7 Å². The second kappa shape index (κ2) is 4.29. The van der Waals surface area contributed by atoms with Crippen LogP contribution in [0.3, 0.4) is 0 Å². The van der Waals surface area contributed by atoms with Crippen molar-refractivity contribution in [2.24, 2.45) is 5.92 Å². The Labute approximate surface area is 92.9 Å². The fourth-order valence-electron chi connectivity index (χ4n) is 1.76. The lowest BCUT2D eigenvalue weighted by Crippen LogP contribution is -2.25. The maximum absolute atomic E-state index is 11.6. The van der Waals surface area contributed by atoms with E-state index in [9.17, 15) is 4.79 Å². The minimum Gasteiger partial charge on any atom is -0.396 e. The molecule has 0 aromatic carbocycles. The number of hydrogen-bond acceptors (Lipinski definition) is 4. The predicted octanol–water partition coefficient (Wildman–Crippen LogP) is 0.298. The standard InChI is InChI=1S/C11H11N3O2/c12-5-8-1-2-13-10(3-8)14-6-9(7-15)4-11(14)16/h1-3,9,15H,4,6-7H2. The third-order valence-corrected chi connectivity index (χ3v) is 2.61. The average molecular weight is 217 g/mol. The number of aliphatic hydroxyl groups is 1. The van der Waals surface area contributed by atoms with Gasteiger partial charge in [-0.1, -0.05) is 0 Å². The molecule has 1 aliphatic rings. The van der Waals surface area contributed by atoms with E-state index in [4.69, 9.17) is 10.4 Å². The van der Waals surface area contributed by atoms with Crippen LogP contribution in [0.5, 0.6) is 0 Å². The first-order valence-electron chi connectivity index (χ1n) is 5.02. The van der Waals surface area contributed by atoms with Gasteiger partial charge in [0.2, 0.25) is 5.91 Å². The Morgan fingerprint density at radius 1 is 1.69 bits per heavy atom. The van der Waals surface area contributed by atoms with Crippen molar-refractivity contribution in [3.63, 3.8) is 0 Å². The molecule has 0 aliphatic carbocycles. The van der Waals surface area contributed by atoms with Crippen LogP contribution in [0.4, 0.5) is 5.82 Å². The Hall–Kier alpha value is -1.93. The molecule has 2 heterocycles. The van der Waals surface area contributed by atoms with E-state index in [1.165, 1.54) is 11.1 Å². The van der Waals surface area contributed by atoms with Gasteiger partial charge in [0.1, 0.15) is 5.82 Å². The Morgan fingerprint density at radius 2 is 2.50 bits per heavy atom. The molecule has 5 nitrogen and oxygen atoms in total. The van der Waals surface area contributed by atoms with Gasteiger partial charge in [-0.15, -0.1) is 0 Å². The molecule has 1 amide bonds. The van der Waals surface area contributed by atoms with Gasteiger partial charge >= 0.3 is 0 Å². The number of pyridine rings is 1. The first-order valence-corrected chi connectivity index (χ1v) is 5.02. The number of hydrogen-bond donors (Lipinski definition) is 1. The van der Waals surface area contributed by atoms with Crippen molar-refractivity contribution in [2.45, 2.75) is 6.42 Å². The lowest BCUT2D eigenvalue weighted by Gasteiger charge is -2.14. The second-order valence-corrected chi connectivity index (χ2v) is 3.77. The van der Waals surface area contributed by atoms with Gasteiger partial charge in [-0.25, -0.2) is 4.98 Å². The van der Waals surface area contributed by atoms with Crippen molar-refractivity contribution < 1.29 is 9.90 Å². The third-order valence-electron chi connectivity index (χ3n) is 2.61. The van der Waals surface area contributed by atoms with E-state index in [1.807, 2.05) is 6.07 Å². The summed E-state index contributed by atoms with van der Waals surface area (Å²) in [5.74, 6) is 0.404. The highest BCUT2D eigenvalue weighted by atomic mass is 16.3. The Bertz CT molecular complexity index is 453. The molecule has 16 heavy (non-hydrogen) atoms. The zero-order chi connectivity index (χ0) is 11.5. The fraction of sp³-hybridized carbons (Fsp3) is 0.364. The van der Waals surface area contributed by atoms with Crippen molar-refractivity contribution in [3.8, 4) is 6.07 Å². The first-order chi connectivity index (χ1) is 7.74. The minimum atomic E-state index is -0.0540. The number of nitriles is 1. The summed E-state index contributed by atoms with van der Waals surface area (Å²) in [6, 6.07) is 5.18. The number of amides is 1. The zero-order valence-electron chi connectivity index (χ0n) is 8.63. The Kier molecular flexibility index (Phi) is 2.84. The number of aromatic nitrogens is 1. The van der Waals surface area contributed by atoms with Crippen LogP contribution >= 0.6 is 0 Å². The normalized spacial score (nSPS) is 19.9. The second-order valence-electron chi connectivity index (χ2n) is 3.77. The van der Waals surface area contributed by atoms with E-state index < -0.39 is 0 Å². The van der Waals surface area contributed by atoms with Crippen LogP contribution in [-0.2, 0) is 4.79 Å². The molecule has 82 valence electrons. The summed E-state index contributed by atoms with van der Waals surface area (Å²) in [6.45, 7) is 0.470. The molecule has 1 N–H and O–H groups in total. The van der Waals surface area contributed by atoms with Crippen molar-refractivity contribution in [1.29, 1.82) is 5.26 Å². The largest absolute Gasteiger partial charge is 0.396 e. The van der Waals surface area contributed by atoms with Gasteiger partial charge in [-0.2, -0.15) is 5.26 Å². The van der Waals surface area contributed by atoms with Crippen LogP contribution < -0.4 is 4.90 Å². The van der Waals surface area contributed by atoms with E-state index >= 15 is 0 Å². The van der Waals surface area contributed by atoms with Crippen LogP contribution in [-0.4, -0.2) is 29.1 Å². The summed E-state index contributed by atoms with van der Waals surface area (Å²) >= 11 is 0. The van der Waals surface area contributed by atoms with Crippen LogP contribution in [0.2, 0.25) is 0 Å². The molecule has 0 saturated carbocycles.